The Morgan fingerprint density at radius 2 is 1.95 bits per heavy atom. The molecule has 6 nitrogen and oxygen atoms in total. The first-order valence-corrected chi connectivity index (χ1v) is 8.40. The molecule has 0 radical (unpaired) electrons. The number of rotatable bonds is 5. The van der Waals surface area contributed by atoms with Gasteiger partial charge in [0.1, 0.15) is 0 Å². The molecule has 1 aliphatic heterocycles. The van der Waals surface area contributed by atoms with Gasteiger partial charge in [0, 0.05) is 13.1 Å². The average Bonchev–Trinajstić information content (AvgIpc) is 2.99. The fourth-order valence-electron chi connectivity index (χ4n) is 2.26. The van der Waals surface area contributed by atoms with Gasteiger partial charge in [0.15, 0.2) is 0 Å². The van der Waals surface area contributed by atoms with Crippen molar-refractivity contribution in [3.63, 3.8) is 0 Å². The predicted molar refractivity (Wildman–Crippen MR) is 77.6 cm³/mol. The van der Waals surface area contributed by atoms with Crippen LogP contribution in [0.3, 0.4) is 0 Å². The van der Waals surface area contributed by atoms with E-state index in [4.69, 9.17) is 5.26 Å². The Kier molecular flexibility index (Phi) is 4.94. The normalized spacial score (nSPS) is 14.9. The van der Waals surface area contributed by atoms with Gasteiger partial charge in [-0.05, 0) is 24.5 Å². The Morgan fingerprint density at radius 1 is 1.29 bits per heavy atom. The van der Waals surface area contributed by atoms with E-state index >= 15 is 0 Å². The minimum Gasteiger partial charge on any atom is -0.342 e. The predicted octanol–water partition coefficient (Wildman–Crippen LogP) is 0.600. The van der Waals surface area contributed by atoms with Crippen molar-refractivity contribution in [1.82, 2.24) is 9.62 Å². The Balaban J connectivity index is 1.96. The molecule has 1 heterocycles. The molecule has 0 aliphatic carbocycles. The van der Waals surface area contributed by atoms with Crippen LogP contribution in [-0.2, 0) is 20.6 Å². The maximum atomic E-state index is 12.0. The van der Waals surface area contributed by atoms with Gasteiger partial charge >= 0.3 is 0 Å². The number of nitriles is 1. The first kappa shape index (κ1) is 15.5. The van der Waals surface area contributed by atoms with Crippen molar-refractivity contribution in [2.75, 3.05) is 19.6 Å². The third-order valence-corrected chi connectivity index (χ3v) is 4.66. The van der Waals surface area contributed by atoms with Crippen LogP contribution in [0.4, 0.5) is 0 Å². The molecule has 0 atom stereocenters. The summed E-state index contributed by atoms with van der Waals surface area (Å²) in [5.74, 6) is -0.506. The van der Waals surface area contributed by atoms with Crippen LogP contribution in [0.25, 0.3) is 0 Å². The van der Waals surface area contributed by atoms with Crippen molar-refractivity contribution in [2.45, 2.75) is 18.6 Å². The van der Waals surface area contributed by atoms with Gasteiger partial charge in [0.2, 0.25) is 15.9 Å². The molecular formula is C14H17N3O3S. The van der Waals surface area contributed by atoms with Crippen LogP contribution in [0.2, 0.25) is 0 Å². The number of hydrogen-bond donors (Lipinski definition) is 1. The molecule has 0 unspecified atom stereocenters. The van der Waals surface area contributed by atoms with E-state index in [1.807, 2.05) is 6.07 Å². The number of nitrogens with zero attached hydrogens (tertiary/aromatic N) is 2. The summed E-state index contributed by atoms with van der Waals surface area (Å²) in [6, 6.07) is 8.49. The lowest BCUT2D eigenvalue weighted by Crippen LogP contribution is -2.39. The van der Waals surface area contributed by atoms with Crippen LogP contribution >= 0.6 is 0 Å². The van der Waals surface area contributed by atoms with Crippen molar-refractivity contribution in [2.24, 2.45) is 0 Å². The molecule has 0 spiro atoms. The molecule has 0 bridgehead atoms. The van der Waals surface area contributed by atoms with Gasteiger partial charge in [-0.15, -0.1) is 0 Å². The first-order chi connectivity index (χ1) is 10.0. The standard InChI is InChI=1S/C14H17N3O3S/c15-9-12-5-1-2-6-13(12)11-21(19,20)16-10-14(18)17-7-3-4-8-17/h1-2,5-6,16H,3-4,7-8,10-11H2. The molecule has 1 aromatic rings. The van der Waals surface area contributed by atoms with Crippen molar-refractivity contribution in [3.8, 4) is 6.07 Å². The lowest BCUT2D eigenvalue weighted by Gasteiger charge is -2.15. The number of carbonyl (C=O) groups excluding carboxylic acids is 1. The maximum absolute atomic E-state index is 12.0. The van der Waals surface area contributed by atoms with E-state index < -0.39 is 10.0 Å². The molecule has 1 fully saturated rings. The third-order valence-electron chi connectivity index (χ3n) is 3.39. The molecule has 0 aromatic heterocycles. The van der Waals surface area contributed by atoms with Crippen LogP contribution in [0.1, 0.15) is 24.0 Å². The average molecular weight is 307 g/mol. The van der Waals surface area contributed by atoms with Gasteiger partial charge < -0.3 is 4.90 Å². The smallest absolute Gasteiger partial charge is 0.237 e. The second-order valence-electron chi connectivity index (χ2n) is 4.94. The van der Waals surface area contributed by atoms with Crippen LogP contribution in [0.15, 0.2) is 24.3 Å². The Morgan fingerprint density at radius 3 is 2.62 bits per heavy atom. The summed E-state index contributed by atoms with van der Waals surface area (Å²) in [7, 11) is -3.64. The Labute approximate surface area is 124 Å². The summed E-state index contributed by atoms with van der Waals surface area (Å²) in [6.45, 7) is 1.16. The second kappa shape index (κ2) is 6.70. The topological polar surface area (TPSA) is 90.3 Å². The van der Waals surface area contributed by atoms with Gasteiger partial charge in [-0.1, -0.05) is 18.2 Å². The molecular weight excluding hydrogens is 290 g/mol. The number of sulfonamides is 1. The number of benzene rings is 1. The molecule has 7 heteroatoms. The van der Waals surface area contributed by atoms with Gasteiger partial charge in [0.25, 0.3) is 0 Å². The molecule has 21 heavy (non-hydrogen) atoms. The fraction of sp³-hybridized carbons (Fsp3) is 0.429. The van der Waals surface area contributed by atoms with Crippen molar-refractivity contribution in [3.05, 3.63) is 35.4 Å². The van der Waals surface area contributed by atoms with Gasteiger partial charge in [-0.25, -0.2) is 13.1 Å². The molecule has 2 rings (SSSR count). The van der Waals surface area contributed by atoms with E-state index in [1.165, 1.54) is 0 Å². The highest BCUT2D eigenvalue weighted by Gasteiger charge is 2.20. The van der Waals surface area contributed by atoms with E-state index in [1.54, 1.807) is 29.2 Å². The zero-order valence-corrected chi connectivity index (χ0v) is 12.4. The lowest BCUT2D eigenvalue weighted by molar-refractivity contribution is -0.128. The van der Waals surface area contributed by atoms with Crippen molar-refractivity contribution in [1.29, 1.82) is 5.26 Å². The van der Waals surface area contributed by atoms with Crippen LogP contribution < -0.4 is 4.72 Å². The van der Waals surface area contributed by atoms with Crippen LogP contribution in [-0.4, -0.2) is 38.9 Å². The zero-order chi connectivity index (χ0) is 15.3. The summed E-state index contributed by atoms with van der Waals surface area (Å²) in [6.07, 6.45) is 1.93. The maximum Gasteiger partial charge on any atom is 0.237 e. The molecule has 1 N–H and O–H groups in total. The molecule has 1 aromatic carbocycles. The second-order valence-corrected chi connectivity index (χ2v) is 6.74. The van der Waals surface area contributed by atoms with E-state index in [0.717, 1.165) is 12.8 Å². The summed E-state index contributed by atoms with van der Waals surface area (Å²) >= 11 is 0. The highest BCUT2D eigenvalue weighted by molar-refractivity contribution is 7.88. The zero-order valence-electron chi connectivity index (χ0n) is 11.6. The van der Waals surface area contributed by atoms with Crippen LogP contribution in [0, 0.1) is 11.3 Å². The number of amides is 1. The lowest BCUT2D eigenvalue weighted by atomic mass is 10.1. The number of hydrogen-bond acceptors (Lipinski definition) is 4. The van der Waals surface area contributed by atoms with Crippen molar-refractivity contribution >= 4 is 15.9 Å². The SMILES string of the molecule is N#Cc1ccccc1CS(=O)(=O)NCC(=O)N1CCCC1. The number of likely N-dealkylation sites (tertiary alicyclic amines) is 1. The molecule has 0 saturated carbocycles. The largest absolute Gasteiger partial charge is 0.342 e. The summed E-state index contributed by atoms with van der Waals surface area (Å²) in [5, 5.41) is 8.95. The summed E-state index contributed by atoms with van der Waals surface area (Å²) in [4.78, 5) is 13.5. The summed E-state index contributed by atoms with van der Waals surface area (Å²) < 4.78 is 26.3. The van der Waals surface area contributed by atoms with Gasteiger partial charge in [-0.3, -0.25) is 4.79 Å². The van der Waals surface area contributed by atoms with Crippen LogP contribution in [0.5, 0.6) is 0 Å². The van der Waals surface area contributed by atoms with E-state index in [0.29, 0.717) is 24.2 Å². The van der Waals surface area contributed by atoms with Crippen molar-refractivity contribution < 1.29 is 13.2 Å². The highest BCUT2D eigenvalue weighted by Crippen LogP contribution is 2.11. The molecule has 1 saturated heterocycles. The quantitative estimate of drug-likeness (QED) is 0.862. The molecule has 1 amide bonds. The Bertz CT molecular complexity index is 658. The molecule has 1 aliphatic rings. The highest BCUT2D eigenvalue weighted by atomic mass is 32.2. The Hall–Kier alpha value is -1.91. The first-order valence-electron chi connectivity index (χ1n) is 6.75. The third kappa shape index (κ3) is 4.28. The minimum absolute atomic E-state index is 0.204. The van der Waals surface area contributed by atoms with E-state index in [9.17, 15) is 13.2 Å². The number of nitrogens with one attached hydrogen (secondary N) is 1. The molecule has 112 valence electrons. The monoisotopic (exact) mass is 307 g/mol. The summed E-state index contributed by atoms with van der Waals surface area (Å²) in [5.41, 5.74) is 0.759. The fourth-order valence-corrected chi connectivity index (χ4v) is 3.37. The van der Waals surface area contributed by atoms with Gasteiger partial charge in [-0.2, -0.15) is 5.26 Å². The van der Waals surface area contributed by atoms with E-state index in [2.05, 4.69) is 4.72 Å². The van der Waals surface area contributed by atoms with E-state index in [-0.39, 0.29) is 18.2 Å². The number of carbonyl (C=O) groups is 1. The minimum atomic E-state index is -3.64. The van der Waals surface area contributed by atoms with Gasteiger partial charge in [0.05, 0.1) is 23.9 Å².